The second kappa shape index (κ2) is 9.60. The van der Waals surface area contributed by atoms with Gasteiger partial charge in [0, 0.05) is 19.0 Å². The number of carbonyl (C=O) groups excluding carboxylic acids is 2. The van der Waals surface area contributed by atoms with Crippen LogP contribution >= 0.6 is 11.6 Å². The number of hydrogen-bond acceptors (Lipinski definition) is 4. The molecule has 1 heterocycles. The maximum absolute atomic E-state index is 12.2. The van der Waals surface area contributed by atoms with Crippen LogP contribution in [0.1, 0.15) is 30.4 Å². The number of benzene rings is 2. The Kier molecular flexibility index (Phi) is 6.93. The number of rotatable bonds is 8. The molecule has 1 aliphatic heterocycles. The predicted molar refractivity (Wildman–Crippen MR) is 107 cm³/mol. The van der Waals surface area contributed by atoms with Crippen LogP contribution in [-0.2, 0) is 20.9 Å². The third-order valence-corrected chi connectivity index (χ3v) is 5.08. The quantitative estimate of drug-likeness (QED) is 0.492. The van der Waals surface area contributed by atoms with Crippen LogP contribution in [0.4, 0.5) is 0 Å². The van der Waals surface area contributed by atoms with Crippen molar-refractivity contribution in [1.29, 1.82) is 0 Å². The minimum absolute atomic E-state index is 0.0837. The molecule has 0 aliphatic carbocycles. The third kappa shape index (κ3) is 5.49. The van der Waals surface area contributed by atoms with Crippen molar-refractivity contribution in [3.8, 4) is 5.75 Å². The van der Waals surface area contributed by atoms with E-state index in [1.807, 2.05) is 43.3 Å². The summed E-state index contributed by atoms with van der Waals surface area (Å²) in [5.41, 5.74) is 2.24. The van der Waals surface area contributed by atoms with Gasteiger partial charge in [-0.15, -0.1) is 0 Å². The minimum atomic E-state index is -0.323. The largest absolute Gasteiger partial charge is 0.488 e. The number of halogens is 1. The number of esters is 1. The first-order valence-electron chi connectivity index (χ1n) is 9.41. The summed E-state index contributed by atoms with van der Waals surface area (Å²) in [7, 11) is 0. The van der Waals surface area contributed by atoms with Gasteiger partial charge in [0.15, 0.2) is 0 Å². The van der Waals surface area contributed by atoms with Gasteiger partial charge >= 0.3 is 5.97 Å². The Morgan fingerprint density at radius 3 is 2.64 bits per heavy atom. The zero-order valence-electron chi connectivity index (χ0n) is 15.9. The van der Waals surface area contributed by atoms with E-state index < -0.39 is 0 Å². The van der Waals surface area contributed by atoms with Crippen molar-refractivity contribution < 1.29 is 19.1 Å². The third-order valence-electron chi connectivity index (χ3n) is 4.77. The van der Waals surface area contributed by atoms with Gasteiger partial charge in [0.25, 0.3) is 0 Å². The molecule has 1 saturated heterocycles. The van der Waals surface area contributed by atoms with Gasteiger partial charge < -0.3 is 14.4 Å². The lowest BCUT2D eigenvalue weighted by molar-refractivity contribution is -0.146. The highest BCUT2D eigenvalue weighted by atomic mass is 35.5. The number of carbonyl (C=O) groups is 2. The fourth-order valence-electron chi connectivity index (χ4n) is 3.23. The molecule has 1 fully saturated rings. The minimum Gasteiger partial charge on any atom is -0.488 e. The summed E-state index contributed by atoms with van der Waals surface area (Å²) in [6.07, 6.45) is 1.35. The molecule has 3 rings (SSSR count). The number of para-hydroxylation sites is 1. The van der Waals surface area contributed by atoms with Crippen molar-refractivity contribution in [2.24, 2.45) is 0 Å². The second-order valence-corrected chi connectivity index (χ2v) is 7.31. The Morgan fingerprint density at radius 1 is 1.14 bits per heavy atom. The van der Waals surface area contributed by atoms with E-state index in [0.717, 1.165) is 5.56 Å². The molecule has 1 aliphatic rings. The molecule has 0 spiro atoms. The van der Waals surface area contributed by atoms with Gasteiger partial charge in [-0.2, -0.15) is 0 Å². The lowest BCUT2D eigenvalue weighted by Gasteiger charge is -2.24. The standard InChI is InChI=1S/C22H24ClNO4/c1-16-6-8-17(9-7-16)15-24-18(10-11-21(24)25)14-22(26)28-13-12-27-20-5-3-2-4-19(20)23/h2-9,18H,10-15H2,1H3. The van der Waals surface area contributed by atoms with Crippen molar-refractivity contribution >= 4 is 23.5 Å². The van der Waals surface area contributed by atoms with Crippen LogP contribution in [-0.4, -0.2) is 36.0 Å². The zero-order chi connectivity index (χ0) is 19.9. The first-order valence-corrected chi connectivity index (χ1v) is 9.78. The van der Waals surface area contributed by atoms with E-state index in [0.29, 0.717) is 30.2 Å². The van der Waals surface area contributed by atoms with Gasteiger partial charge in [-0.3, -0.25) is 9.59 Å². The molecule has 0 N–H and O–H groups in total. The average molecular weight is 402 g/mol. The van der Waals surface area contributed by atoms with Crippen molar-refractivity contribution in [2.45, 2.75) is 38.8 Å². The Hall–Kier alpha value is -2.53. The summed E-state index contributed by atoms with van der Waals surface area (Å²) in [6, 6.07) is 15.1. The van der Waals surface area contributed by atoms with Crippen LogP contribution in [0.3, 0.4) is 0 Å². The van der Waals surface area contributed by atoms with Crippen LogP contribution in [0.5, 0.6) is 5.75 Å². The van der Waals surface area contributed by atoms with Crippen LogP contribution in [0.2, 0.25) is 5.02 Å². The summed E-state index contributed by atoms with van der Waals surface area (Å²) >= 11 is 6.01. The predicted octanol–water partition coefficient (Wildman–Crippen LogP) is 4.15. The molecule has 2 aromatic carbocycles. The van der Waals surface area contributed by atoms with E-state index in [9.17, 15) is 9.59 Å². The first kappa shape index (κ1) is 20.2. The number of nitrogens with zero attached hydrogens (tertiary/aromatic N) is 1. The Morgan fingerprint density at radius 2 is 1.89 bits per heavy atom. The fourth-order valence-corrected chi connectivity index (χ4v) is 3.42. The molecule has 1 unspecified atom stereocenters. The molecule has 28 heavy (non-hydrogen) atoms. The van der Waals surface area contributed by atoms with Gasteiger partial charge in [0.1, 0.15) is 19.0 Å². The maximum Gasteiger partial charge on any atom is 0.307 e. The summed E-state index contributed by atoms with van der Waals surface area (Å²) < 4.78 is 10.8. The van der Waals surface area contributed by atoms with Crippen LogP contribution < -0.4 is 4.74 Å². The SMILES string of the molecule is Cc1ccc(CN2C(=O)CCC2CC(=O)OCCOc2ccccc2Cl)cc1. The maximum atomic E-state index is 12.2. The molecular formula is C22H24ClNO4. The molecule has 148 valence electrons. The second-order valence-electron chi connectivity index (χ2n) is 6.90. The highest BCUT2D eigenvalue weighted by Gasteiger charge is 2.32. The molecule has 0 saturated carbocycles. The van der Waals surface area contributed by atoms with Gasteiger partial charge in [-0.25, -0.2) is 0 Å². The Labute approximate surface area is 170 Å². The number of amides is 1. The molecule has 1 atom stereocenters. The van der Waals surface area contributed by atoms with Crippen molar-refractivity contribution in [1.82, 2.24) is 4.90 Å². The summed E-state index contributed by atoms with van der Waals surface area (Å²) in [6.45, 7) is 2.92. The Balaban J connectivity index is 1.45. The molecule has 2 aromatic rings. The number of ether oxygens (including phenoxy) is 2. The zero-order valence-corrected chi connectivity index (χ0v) is 16.7. The van der Waals surface area contributed by atoms with E-state index in [2.05, 4.69) is 0 Å². The number of hydrogen-bond donors (Lipinski definition) is 0. The number of likely N-dealkylation sites (tertiary alicyclic amines) is 1. The van der Waals surface area contributed by atoms with Gasteiger partial charge in [0.05, 0.1) is 11.4 Å². The normalized spacial score (nSPS) is 16.3. The van der Waals surface area contributed by atoms with E-state index in [1.54, 1.807) is 17.0 Å². The van der Waals surface area contributed by atoms with E-state index >= 15 is 0 Å². The summed E-state index contributed by atoms with van der Waals surface area (Å²) in [5, 5.41) is 0.519. The molecule has 0 bridgehead atoms. The van der Waals surface area contributed by atoms with E-state index in [4.69, 9.17) is 21.1 Å². The smallest absolute Gasteiger partial charge is 0.307 e. The molecule has 5 nitrogen and oxygen atoms in total. The monoisotopic (exact) mass is 401 g/mol. The van der Waals surface area contributed by atoms with Gasteiger partial charge in [0.2, 0.25) is 5.91 Å². The van der Waals surface area contributed by atoms with Gasteiger partial charge in [-0.1, -0.05) is 53.6 Å². The average Bonchev–Trinajstić information content (AvgIpc) is 3.01. The van der Waals surface area contributed by atoms with Crippen LogP contribution in [0, 0.1) is 6.92 Å². The van der Waals surface area contributed by atoms with Crippen LogP contribution in [0.15, 0.2) is 48.5 Å². The van der Waals surface area contributed by atoms with Crippen molar-refractivity contribution in [2.75, 3.05) is 13.2 Å². The van der Waals surface area contributed by atoms with Crippen LogP contribution in [0.25, 0.3) is 0 Å². The Bertz CT molecular complexity index is 822. The lowest BCUT2D eigenvalue weighted by Crippen LogP contribution is -2.34. The van der Waals surface area contributed by atoms with Crippen molar-refractivity contribution in [3.63, 3.8) is 0 Å². The topological polar surface area (TPSA) is 55.8 Å². The molecule has 0 radical (unpaired) electrons. The summed E-state index contributed by atoms with van der Waals surface area (Å²) in [4.78, 5) is 26.2. The van der Waals surface area contributed by atoms with E-state index in [-0.39, 0.29) is 37.6 Å². The molecular weight excluding hydrogens is 378 g/mol. The van der Waals surface area contributed by atoms with Gasteiger partial charge in [-0.05, 0) is 31.0 Å². The molecule has 6 heteroatoms. The highest BCUT2D eigenvalue weighted by molar-refractivity contribution is 6.32. The summed E-state index contributed by atoms with van der Waals surface area (Å²) in [5.74, 6) is 0.322. The highest BCUT2D eigenvalue weighted by Crippen LogP contribution is 2.25. The van der Waals surface area contributed by atoms with Crippen molar-refractivity contribution in [3.05, 3.63) is 64.7 Å². The lowest BCUT2D eigenvalue weighted by atomic mass is 10.1. The van der Waals surface area contributed by atoms with E-state index in [1.165, 1.54) is 5.56 Å². The molecule has 0 aromatic heterocycles. The molecule has 1 amide bonds. The number of aryl methyl sites for hydroxylation is 1. The first-order chi connectivity index (χ1) is 13.5. The fraction of sp³-hybridized carbons (Fsp3) is 0.364.